The van der Waals surface area contributed by atoms with Crippen molar-refractivity contribution in [2.45, 2.75) is 51.4 Å². The molecule has 0 unspecified atom stereocenters. The standard InChI is InChI=1S/C24H31N5O4/c1-23(2,32-5)13-33-22-18(21(30)28-16-8-6-15(7-9-16)12-31-4)17-19(25)26-14-27-20(17)29(22)24(3)10-11-24/h6-9,14H,10-13H2,1-5H3,(H,28,30)(H2,25,26,27). The number of amides is 1. The third-order valence-corrected chi connectivity index (χ3v) is 6.11. The molecule has 0 aliphatic heterocycles. The van der Waals surface area contributed by atoms with Gasteiger partial charge in [0.25, 0.3) is 5.91 Å². The van der Waals surface area contributed by atoms with Crippen LogP contribution >= 0.6 is 0 Å². The van der Waals surface area contributed by atoms with E-state index in [2.05, 4.69) is 22.2 Å². The summed E-state index contributed by atoms with van der Waals surface area (Å²) in [6.45, 7) is 6.72. The van der Waals surface area contributed by atoms with Gasteiger partial charge in [-0.25, -0.2) is 9.97 Å². The molecular formula is C24H31N5O4. The monoisotopic (exact) mass is 453 g/mol. The van der Waals surface area contributed by atoms with Gasteiger partial charge in [0.2, 0.25) is 5.88 Å². The number of anilines is 2. The minimum absolute atomic E-state index is 0.202. The summed E-state index contributed by atoms with van der Waals surface area (Å²) < 4.78 is 18.9. The van der Waals surface area contributed by atoms with Gasteiger partial charge in [-0.05, 0) is 51.3 Å². The van der Waals surface area contributed by atoms with Crippen molar-refractivity contribution < 1.29 is 19.0 Å². The number of nitrogens with one attached hydrogen (secondary N) is 1. The van der Waals surface area contributed by atoms with Crippen molar-refractivity contribution in [1.29, 1.82) is 0 Å². The summed E-state index contributed by atoms with van der Waals surface area (Å²) in [5.74, 6) is 0.324. The van der Waals surface area contributed by atoms with Gasteiger partial charge in [0.05, 0.1) is 17.6 Å². The summed E-state index contributed by atoms with van der Waals surface area (Å²) in [5.41, 5.74) is 8.08. The first kappa shape index (κ1) is 23.0. The van der Waals surface area contributed by atoms with Gasteiger partial charge in [-0.2, -0.15) is 0 Å². The second-order valence-electron chi connectivity index (χ2n) is 9.31. The molecule has 1 amide bonds. The van der Waals surface area contributed by atoms with Crippen LogP contribution in [0.3, 0.4) is 0 Å². The van der Waals surface area contributed by atoms with E-state index in [9.17, 15) is 4.79 Å². The van der Waals surface area contributed by atoms with Crippen LogP contribution in [0.5, 0.6) is 5.88 Å². The summed E-state index contributed by atoms with van der Waals surface area (Å²) in [7, 11) is 3.27. The van der Waals surface area contributed by atoms with E-state index in [0.29, 0.717) is 34.8 Å². The van der Waals surface area contributed by atoms with E-state index in [-0.39, 0.29) is 23.9 Å². The molecule has 33 heavy (non-hydrogen) atoms. The molecule has 1 aliphatic carbocycles. The van der Waals surface area contributed by atoms with Crippen molar-refractivity contribution >= 4 is 28.4 Å². The lowest BCUT2D eigenvalue weighted by molar-refractivity contribution is -0.0171. The van der Waals surface area contributed by atoms with Crippen molar-refractivity contribution in [3.8, 4) is 5.88 Å². The number of methoxy groups -OCH3 is 2. The number of ether oxygens (including phenoxy) is 3. The summed E-state index contributed by atoms with van der Waals surface area (Å²) >= 11 is 0. The number of carbonyl (C=O) groups is 1. The van der Waals surface area contributed by atoms with Gasteiger partial charge < -0.3 is 25.3 Å². The minimum Gasteiger partial charge on any atom is -0.475 e. The summed E-state index contributed by atoms with van der Waals surface area (Å²) in [6, 6.07) is 7.48. The van der Waals surface area contributed by atoms with Crippen molar-refractivity contribution in [3.05, 3.63) is 41.7 Å². The quantitative estimate of drug-likeness (QED) is 0.507. The molecule has 9 nitrogen and oxygen atoms in total. The van der Waals surface area contributed by atoms with Crippen molar-refractivity contribution in [1.82, 2.24) is 14.5 Å². The lowest BCUT2D eigenvalue weighted by Crippen LogP contribution is -2.32. The number of hydrogen-bond donors (Lipinski definition) is 2. The van der Waals surface area contributed by atoms with E-state index < -0.39 is 5.60 Å². The number of fused-ring (bicyclic) bond motifs is 1. The van der Waals surface area contributed by atoms with Crippen LogP contribution in [0.1, 0.15) is 49.5 Å². The van der Waals surface area contributed by atoms with Gasteiger partial charge in [-0.1, -0.05) is 12.1 Å². The second-order valence-corrected chi connectivity index (χ2v) is 9.31. The number of nitrogens with zero attached hydrogens (tertiary/aromatic N) is 3. The zero-order valence-corrected chi connectivity index (χ0v) is 19.8. The molecule has 1 aliphatic rings. The Morgan fingerprint density at radius 3 is 2.52 bits per heavy atom. The van der Waals surface area contributed by atoms with Crippen molar-refractivity contribution in [3.63, 3.8) is 0 Å². The first-order valence-corrected chi connectivity index (χ1v) is 10.9. The Kier molecular flexibility index (Phi) is 6.02. The fraction of sp³-hybridized carbons (Fsp3) is 0.458. The van der Waals surface area contributed by atoms with Gasteiger partial charge in [-0.3, -0.25) is 9.36 Å². The Labute approximate surface area is 193 Å². The second kappa shape index (κ2) is 8.64. The fourth-order valence-electron chi connectivity index (χ4n) is 3.71. The Morgan fingerprint density at radius 1 is 1.21 bits per heavy atom. The molecule has 0 atom stereocenters. The molecule has 3 N–H and O–H groups in total. The van der Waals surface area contributed by atoms with Crippen LogP contribution < -0.4 is 15.8 Å². The number of nitrogen functional groups attached to an aromatic ring is 1. The van der Waals surface area contributed by atoms with Gasteiger partial charge in [0.15, 0.2) is 0 Å². The number of carbonyl (C=O) groups excluding carboxylic acids is 1. The van der Waals surface area contributed by atoms with Crippen LogP contribution in [0.4, 0.5) is 11.5 Å². The summed E-state index contributed by atoms with van der Waals surface area (Å²) in [6.07, 6.45) is 3.32. The van der Waals surface area contributed by atoms with Gasteiger partial charge in [0.1, 0.15) is 30.0 Å². The molecule has 2 heterocycles. The number of nitrogens with two attached hydrogens (primary N) is 1. The molecule has 176 valence electrons. The largest absolute Gasteiger partial charge is 0.475 e. The lowest BCUT2D eigenvalue weighted by Gasteiger charge is -2.25. The predicted octanol–water partition coefficient (Wildman–Crippen LogP) is 3.73. The number of aromatic nitrogens is 3. The van der Waals surface area contributed by atoms with E-state index in [0.717, 1.165) is 18.4 Å². The maximum absolute atomic E-state index is 13.6. The molecule has 4 rings (SSSR count). The van der Waals surface area contributed by atoms with E-state index in [1.807, 2.05) is 42.7 Å². The first-order valence-electron chi connectivity index (χ1n) is 10.9. The molecule has 9 heteroatoms. The SMILES string of the molecule is COCc1ccc(NC(=O)c2c(OCC(C)(C)OC)n(C3(C)CC3)c3ncnc(N)c23)cc1. The Bertz CT molecular complexity index is 1170. The zero-order valence-electron chi connectivity index (χ0n) is 19.8. The van der Waals surface area contributed by atoms with Crippen LogP contribution in [0, 0.1) is 0 Å². The van der Waals surface area contributed by atoms with Crippen LogP contribution in [0.25, 0.3) is 11.0 Å². The highest BCUT2D eigenvalue weighted by Crippen LogP contribution is 2.50. The average Bonchev–Trinajstić information content (AvgIpc) is 3.42. The van der Waals surface area contributed by atoms with E-state index in [4.69, 9.17) is 19.9 Å². The highest BCUT2D eigenvalue weighted by Gasteiger charge is 2.45. The summed E-state index contributed by atoms with van der Waals surface area (Å²) in [5, 5.41) is 3.46. The van der Waals surface area contributed by atoms with Crippen molar-refractivity contribution in [2.24, 2.45) is 0 Å². The molecule has 0 spiro atoms. The van der Waals surface area contributed by atoms with Crippen molar-refractivity contribution in [2.75, 3.05) is 31.9 Å². The topological polar surface area (TPSA) is 114 Å². The smallest absolute Gasteiger partial charge is 0.261 e. The van der Waals surface area contributed by atoms with E-state index >= 15 is 0 Å². The number of hydrogen-bond acceptors (Lipinski definition) is 7. The molecule has 1 aromatic carbocycles. The summed E-state index contributed by atoms with van der Waals surface area (Å²) in [4.78, 5) is 22.2. The third-order valence-electron chi connectivity index (χ3n) is 6.11. The maximum atomic E-state index is 13.6. The van der Waals surface area contributed by atoms with Gasteiger partial charge in [0, 0.05) is 25.4 Å². The third kappa shape index (κ3) is 4.51. The van der Waals surface area contributed by atoms with Crippen LogP contribution in [-0.4, -0.2) is 46.9 Å². The average molecular weight is 454 g/mol. The molecular weight excluding hydrogens is 422 g/mol. The Hall–Kier alpha value is -3.17. The molecule has 1 fully saturated rings. The number of rotatable bonds is 9. The highest BCUT2D eigenvalue weighted by molar-refractivity contribution is 6.17. The van der Waals surface area contributed by atoms with E-state index in [1.165, 1.54) is 6.33 Å². The first-order chi connectivity index (χ1) is 15.7. The molecule has 0 bridgehead atoms. The Balaban J connectivity index is 1.80. The number of benzene rings is 1. The zero-order chi connectivity index (χ0) is 23.8. The molecule has 3 aromatic rings. The maximum Gasteiger partial charge on any atom is 0.261 e. The Morgan fingerprint density at radius 2 is 1.91 bits per heavy atom. The molecule has 1 saturated carbocycles. The van der Waals surface area contributed by atoms with Crippen LogP contribution in [0.15, 0.2) is 30.6 Å². The van der Waals surface area contributed by atoms with Gasteiger partial charge in [-0.15, -0.1) is 0 Å². The molecule has 0 radical (unpaired) electrons. The van der Waals surface area contributed by atoms with Crippen LogP contribution in [0.2, 0.25) is 0 Å². The fourth-order valence-corrected chi connectivity index (χ4v) is 3.71. The van der Waals surface area contributed by atoms with Gasteiger partial charge >= 0.3 is 0 Å². The molecule has 0 saturated heterocycles. The predicted molar refractivity (Wildman–Crippen MR) is 127 cm³/mol. The molecule has 2 aromatic heterocycles. The van der Waals surface area contributed by atoms with Crippen LogP contribution in [-0.2, 0) is 21.6 Å². The lowest BCUT2D eigenvalue weighted by atomic mass is 10.1. The normalized spacial score (nSPS) is 14.9. The minimum atomic E-state index is -0.548. The van der Waals surface area contributed by atoms with E-state index in [1.54, 1.807) is 14.2 Å². The highest BCUT2D eigenvalue weighted by atomic mass is 16.5.